The van der Waals surface area contributed by atoms with E-state index >= 15 is 0 Å². The summed E-state index contributed by atoms with van der Waals surface area (Å²) in [5, 5.41) is 7.20. The topological polar surface area (TPSA) is 53.9 Å². The van der Waals surface area contributed by atoms with Crippen LogP contribution in [0.1, 0.15) is 16.7 Å². The quantitative estimate of drug-likeness (QED) is 0.550. The van der Waals surface area contributed by atoms with Gasteiger partial charge in [-0.3, -0.25) is 4.79 Å². The van der Waals surface area contributed by atoms with Crippen molar-refractivity contribution < 1.29 is 14.5 Å². The summed E-state index contributed by atoms with van der Waals surface area (Å²) in [6.45, 7) is 1.11. The number of imide groups is 1. The van der Waals surface area contributed by atoms with E-state index in [0.717, 1.165) is 22.6 Å². The van der Waals surface area contributed by atoms with Gasteiger partial charge < -0.3 is 10.2 Å². The normalized spacial score (nSPS) is 16.5. The van der Waals surface area contributed by atoms with Crippen molar-refractivity contribution in [2.75, 3.05) is 13.7 Å². The van der Waals surface area contributed by atoms with E-state index < -0.39 is 5.54 Å². The molecular weight excluding hydrogens is 394 g/mol. The van der Waals surface area contributed by atoms with Gasteiger partial charge in [-0.1, -0.05) is 60.7 Å². The second kappa shape index (κ2) is 8.81. The fraction of sp³-hybridized carbons (Fsp3) is 0.250. The van der Waals surface area contributed by atoms with Gasteiger partial charge in [-0.25, -0.2) is 9.69 Å². The van der Waals surface area contributed by atoms with E-state index in [1.165, 1.54) is 10.5 Å². The van der Waals surface area contributed by atoms with Crippen molar-refractivity contribution in [3.8, 4) is 0 Å². The third kappa shape index (κ3) is 4.45. The first-order chi connectivity index (χ1) is 14.6. The van der Waals surface area contributed by atoms with Gasteiger partial charge in [0.25, 0.3) is 5.91 Å². The predicted octanol–water partition coefficient (Wildman–Crippen LogP) is 2.50. The van der Waals surface area contributed by atoms with Crippen LogP contribution in [0.5, 0.6) is 0 Å². The van der Waals surface area contributed by atoms with Crippen molar-refractivity contribution in [1.29, 1.82) is 0 Å². The molecule has 1 unspecified atom stereocenters. The third-order valence-corrected chi connectivity index (χ3v) is 6.19. The lowest BCUT2D eigenvalue weighted by atomic mass is 9.84. The summed E-state index contributed by atoms with van der Waals surface area (Å²) < 4.78 is 0. The summed E-state index contributed by atoms with van der Waals surface area (Å²) in [4.78, 5) is 29.0. The number of quaternary nitrogens is 1. The van der Waals surface area contributed by atoms with Crippen molar-refractivity contribution in [3.63, 3.8) is 0 Å². The summed E-state index contributed by atoms with van der Waals surface area (Å²) in [7, 11) is 2.01. The van der Waals surface area contributed by atoms with E-state index in [4.69, 9.17) is 0 Å². The molecule has 2 N–H and O–H groups in total. The Balaban J connectivity index is 1.57. The molecule has 1 atom stereocenters. The molecule has 5 nitrogen and oxygen atoms in total. The molecule has 1 aliphatic heterocycles. The minimum Gasteiger partial charge on any atom is -0.322 e. The van der Waals surface area contributed by atoms with E-state index in [2.05, 4.69) is 16.8 Å². The zero-order valence-corrected chi connectivity index (χ0v) is 17.8. The predicted molar refractivity (Wildman–Crippen MR) is 118 cm³/mol. The Bertz CT molecular complexity index is 948. The Hall–Kier alpha value is -2.96. The SMILES string of the molecule is C[NH+](Cc1ccsc1)CN1C(=O)NC(Cc2ccccc2)(Cc2ccccc2)C1=O. The Morgan fingerprint density at radius 1 is 0.900 bits per heavy atom. The van der Waals surface area contributed by atoms with E-state index in [0.29, 0.717) is 19.5 Å². The summed E-state index contributed by atoms with van der Waals surface area (Å²) in [5.74, 6) is -0.148. The maximum absolute atomic E-state index is 13.6. The molecule has 30 heavy (non-hydrogen) atoms. The van der Waals surface area contributed by atoms with Gasteiger partial charge in [0.05, 0.1) is 7.05 Å². The van der Waals surface area contributed by atoms with Gasteiger partial charge in [-0.05, 0) is 28.0 Å². The Kier molecular flexibility index (Phi) is 5.97. The molecule has 1 saturated heterocycles. The van der Waals surface area contributed by atoms with Crippen molar-refractivity contribution in [2.24, 2.45) is 0 Å². The first kappa shape index (κ1) is 20.3. The van der Waals surface area contributed by atoms with Crippen molar-refractivity contribution in [2.45, 2.75) is 24.9 Å². The second-order valence-electron chi connectivity index (χ2n) is 7.99. The molecule has 3 amide bonds. The molecule has 4 rings (SSSR count). The highest BCUT2D eigenvalue weighted by Crippen LogP contribution is 2.26. The van der Waals surface area contributed by atoms with Crippen LogP contribution in [0.4, 0.5) is 4.79 Å². The van der Waals surface area contributed by atoms with Gasteiger partial charge >= 0.3 is 6.03 Å². The molecule has 1 aliphatic rings. The number of amides is 3. The highest BCUT2D eigenvalue weighted by atomic mass is 32.1. The van der Waals surface area contributed by atoms with Crippen LogP contribution in [-0.2, 0) is 24.2 Å². The van der Waals surface area contributed by atoms with Crippen LogP contribution in [-0.4, -0.2) is 36.1 Å². The molecule has 2 aromatic carbocycles. The highest BCUT2D eigenvalue weighted by molar-refractivity contribution is 7.07. The fourth-order valence-electron chi connectivity index (χ4n) is 4.08. The molecule has 0 bridgehead atoms. The molecule has 3 aromatic rings. The molecule has 2 heterocycles. The van der Waals surface area contributed by atoms with Gasteiger partial charge in [-0.2, -0.15) is 11.3 Å². The van der Waals surface area contributed by atoms with Gasteiger partial charge in [0.15, 0.2) is 6.67 Å². The van der Waals surface area contributed by atoms with Gasteiger partial charge in [0.1, 0.15) is 12.1 Å². The molecule has 1 aromatic heterocycles. The molecule has 0 saturated carbocycles. The Morgan fingerprint density at radius 2 is 1.50 bits per heavy atom. The molecule has 0 radical (unpaired) electrons. The number of carbonyl (C=O) groups is 2. The van der Waals surface area contributed by atoms with Crippen LogP contribution >= 0.6 is 11.3 Å². The number of hydrogen-bond acceptors (Lipinski definition) is 3. The molecular formula is C24H26N3O2S+. The number of hydrogen-bond donors (Lipinski definition) is 2. The minimum absolute atomic E-state index is 0.148. The summed E-state index contributed by atoms with van der Waals surface area (Å²) >= 11 is 1.65. The lowest BCUT2D eigenvalue weighted by Gasteiger charge is -2.27. The van der Waals surface area contributed by atoms with Crippen LogP contribution in [0.3, 0.4) is 0 Å². The Labute approximate surface area is 180 Å². The van der Waals surface area contributed by atoms with Gasteiger partial charge in [0.2, 0.25) is 0 Å². The van der Waals surface area contributed by atoms with Crippen LogP contribution in [0.25, 0.3) is 0 Å². The Morgan fingerprint density at radius 3 is 2.03 bits per heavy atom. The number of thiophene rings is 1. The molecule has 154 valence electrons. The van der Waals surface area contributed by atoms with Crippen LogP contribution in [0, 0.1) is 0 Å². The van der Waals surface area contributed by atoms with E-state index in [9.17, 15) is 9.59 Å². The standard InChI is InChI=1S/C24H25N3O2S/c1-26(16-21-12-13-30-17-21)18-27-22(28)24(25-23(27)29,14-19-8-4-2-5-9-19)15-20-10-6-3-7-11-20/h2-13,17H,14-16,18H2,1H3,(H,25,29)/p+1. The van der Waals surface area contributed by atoms with Crippen molar-refractivity contribution >= 4 is 23.3 Å². The zero-order valence-electron chi connectivity index (χ0n) is 17.0. The van der Waals surface area contributed by atoms with E-state index in [-0.39, 0.29) is 11.9 Å². The number of urea groups is 1. The smallest absolute Gasteiger partial charge is 0.322 e. The number of rotatable bonds is 8. The highest BCUT2D eigenvalue weighted by Gasteiger charge is 2.52. The average molecular weight is 421 g/mol. The summed E-state index contributed by atoms with van der Waals surface area (Å²) in [6, 6.07) is 21.5. The van der Waals surface area contributed by atoms with Crippen molar-refractivity contribution in [3.05, 3.63) is 94.2 Å². The second-order valence-corrected chi connectivity index (χ2v) is 8.77. The molecule has 6 heteroatoms. The number of carbonyl (C=O) groups excluding carboxylic acids is 2. The fourth-order valence-corrected chi connectivity index (χ4v) is 4.75. The van der Waals surface area contributed by atoms with E-state index in [1.807, 2.05) is 73.1 Å². The maximum Gasteiger partial charge on any atom is 0.329 e. The van der Waals surface area contributed by atoms with Crippen LogP contribution < -0.4 is 10.2 Å². The first-order valence-electron chi connectivity index (χ1n) is 10.1. The lowest BCUT2D eigenvalue weighted by molar-refractivity contribution is -0.901. The largest absolute Gasteiger partial charge is 0.329 e. The average Bonchev–Trinajstić information content (AvgIpc) is 3.32. The number of benzene rings is 2. The van der Waals surface area contributed by atoms with E-state index in [1.54, 1.807) is 11.3 Å². The first-order valence-corrected chi connectivity index (χ1v) is 11.0. The number of nitrogens with one attached hydrogen (secondary N) is 2. The monoisotopic (exact) mass is 420 g/mol. The summed E-state index contributed by atoms with van der Waals surface area (Å²) in [5.41, 5.74) is 2.30. The zero-order chi connectivity index (χ0) is 21.0. The van der Waals surface area contributed by atoms with Crippen molar-refractivity contribution in [1.82, 2.24) is 10.2 Å². The molecule has 0 spiro atoms. The lowest BCUT2D eigenvalue weighted by Crippen LogP contribution is -3.09. The molecule has 1 fully saturated rings. The maximum atomic E-state index is 13.6. The third-order valence-electron chi connectivity index (χ3n) is 5.46. The van der Waals surface area contributed by atoms with Crippen LogP contribution in [0.15, 0.2) is 77.5 Å². The van der Waals surface area contributed by atoms with Gasteiger partial charge in [-0.15, -0.1) is 0 Å². The summed E-state index contributed by atoms with van der Waals surface area (Å²) in [6.07, 6.45) is 0.931. The minimum atomic E-state index is -0.970. The van der Waals surface area contributed by atoms with Gasteiger partial charge in [0, 0.05) is 18.4 Å². The van der Waals surface area contributed by atoms with Crippen LogP contribution in [0.2, 0.25) is 0 Å². The molecule has 0 aliphatic carbocycles. The number of nitrogens with zero attached hydrogens (tertiary/aromatic N) is 1.